The van der Waals surface area contributed by atoms with E-state index >= 15 is 0 Å². The molecular weight excluding hydrogens is 1020 g/mol. The molecule has 0 aromatic rings. The Morgan fingerprint density at radius 1 is 0.383 bits per heavy atom. The number of quaternary nitrogens is 1. The fraction of sp³-hybridized carbons (Fsp3) is 0.986. The molecular formula is C72H147N2O6P. The third-order valence-corrected chi connectivity index (χ3v) is 18.6. The minimum atomic E-state index is -4.58. The van der Waals surface area contributed by atoms with E-state index in [9.17, 15) is 19.4 Å². The molecule has 0 bridgehead atoms. The van der Waals surface area contributed by atoms with E-state index in [-0.39, 0.29) is 19.1 Å². The number of carbonyl (C=O) groups excluding carboxylic acids is 1. The predicted molar refractivity (Wildman–Crippen MR) is 353 cm³/mol. The lowest BCUT2D eigenvalue weighted by Gasteiger charge is -2.30. The van der Waals surface area contributed by atoms with Crippen LogP contribution in [0.5, 0.6) is 0 Å². The molecule has 0 heterocycles. The number of rotatable bonds is 70. The lowest BCUT2D eigenvalue weighted by atomic mass is 10.0. The number of unbranched alkanes of at least 4 members (excludes halogenated alkanes) is 57. The van der Waals surface area contributed by atoms with Gasteiger partial charge in [-0.3, -0.25) is 9.36 Å². The summed E-state index contributed by atoms with van der Waals surface area (Å²) in [5.41, 5.74) is 0. The van der Waals surface area contributed by atoms with Gasteiger partial charge in [-0.25, -0.2) is 0 Å². The van der Waals surface area contributed by atoms with Crippen LogP contribution in [0.4, 0.5) is 0 Å². The Labute approximate surface area is 508 Å². The molecule has 3 unspecified atom stereocenters. The van der Waals surface area contributed by atoms with Gasteiger partial charge in [0, 0.05) is 6.42 Å². The smallest absolute Gasteiger partial charge is 0.268 e. The Balaban J connectivity index is 3.95. The number of nitrogens with one attached hydrogen (secondary N) is 1. The van der Waals surface area contributed by atoms with Gasteiger partial charge in [0.25, 0.3) is 7.82 Å². The number of nitrogens with zero attached hydrogens (tertiary/aromatic N) is 1. The highest BCUT2D eigenvalue weighted by molar-refractivity contribution is 7.45. The summed E-state index contributed by atoms with van der Waals surface area (Å²) in [5.74, 6) is -0.153. The maximum Gasteiger partial charge on any atom is 0.268 e. The first kappa shape index (κ1) is 80.5. The van der Waals surface area contributed by atoms with Crippen LogP contribution < -0.4 is 10.2 Å². The minimum absolute atomic E-state index is 0.0171. The number of amides is 1. The van der Waals surface area contributed by atoms with E-state index in [1.165, 1.54) is 340 Å². The first-order valence-electron chi connectivity index (χ1n) is 36.9. The molecule has 2 N–H and O–H groups in total. The van der Waals surface area contributed by atoms with Crippen molar-refractivity contribution in [2.75, 3.05) is 40.9 Å². The first-order valence-corrected chi connectivity index (χ1v) is 38.3. The van der Waals surface area contributed by atoms with Crippen LogP contribution in [0.1, 0.15) is 406 Å². The van der Waals surface area contributed by atoms with Crippen LogP contribution in [0.2, 0.25) is 0 Å². The van der Waals surface area contributed by atoms with Crippen LogP contribution in [-0.4, -0.2) is 68.5 Å². The van der Waals surface area contributed by atoms with Gasteiger partial charge in [-0.2, -0.15) is 0 Å². The van der Waals surface area contributed by atoms with E-state index in [4.69, 9.17) is 9.05 Å². The number of hydrogen-bond acceptors (Lipinski definition) is 6. The Hall–Kier alpha value is -0.500. The van der Waals surface area contributed by atoms with Gasteiger partial charge in [-0.05, 0) is 12.8 Å². The first-order chi connectivity index (χ1) is 39.5. The van der Waals surface area contributed by atoms with Crippen LogP contribution in [0.25, 0.3) is 0 Å². The van der Waals surface area contributed by atoms with Gasteiger partial charge in [-0.1, -0.05) is 386 Å². The molecule has 0 aromatic heterocycles. The summed E-state index contributed by atoms with van der Waals surface area (Å²) in [5, 5.41) is 14.1. The maximum absolute atomic E-state index is 13.1. The van der Waals surface area contributed by atoms with Crippen LogP contribution in [0.3, 0.4) is 0 Å². The van der Waals surface area contributed by atoms with Crippen molar-refractivity contribution in [1.82, 2.24) is 5.32 Å². The molecule has 9 heteroatoms. The van der Waals surface area contributed by atoms with Gasteiger partial charge in [0.05, 0.1) is 39.9 Å². The molecule has 0 saturated heterocycles. The van der Waals surface area contributed by atoms with Crippen molar-refractivity contribution in [3.8, 4) is 0 Å². The van der Waals surface area contributed by atoms with Crippen LogP contribution >= 0.6 is 7.82 Å². The van der Waals surface area contributed by atoms with Gasteiger partial charge >= 0.3 is 0 Å². The number of phosphoric acid groups is 1. The average Bonchev–Trinajstić information content (AvgIpc) is 3.43. The molecule has 0 rings (SSSR count). The number of hydrogen-bond donors (Lipinski definition) is 2. The second kappa shape index (κ2) is 64.0. The van der Waals surface area contributed by atoms with Crippen molar-refractivity contribution in [3.05, 3.63) is 0 Å². The van der Waals surface area contributed by atoms with Gasteiger partial charge < -0.3 is 28.8 Å². The van der Waals surface area contributed by atoms with Crippen LogP contribution in [-0.2, 0) is 18.4 Å². The average molecular weight is 1170 g/mol. The monoisotopic (exact) mass is 1170 g/mol. The standard InChI is InChI=1S/C72H147N2O6P/c1-6-8-10-12-14-16-18-20-22-24-26-28-30-32-34-35-36-37-38-40-41-43-45-47-49-51-53-55-57-59-61-63-65-71(75)70(69-80-81(77,78)79-68-67-74(3,4)5)73-72(76)66-64-62-60-58-56-54-52-50-48-46-44-42-39-33-31-29-27-25-23-21-19-17-15-13-11-9-7-2/h70-71,75H,6-69H2,1-5H3,(H-,73,76,77,78). The molecule has 0 fully saturated rings. The van der Waals surface area contributed by atoms with Crippen LogP contribution in [0.15, 0.2) is 0 Å². The van der Waals surface area contributed by atoms with Crippen molar-refractivity contribution in [2.24, 2.45) is 0 Å². The zero-order valence-corrected chi connectivity index (χ0v) is 56.7. The van der Waals surface area contributed by atoms with Crippen molar-refractivity contribution in [2.45, 2.75) is 418 Å². The van der Waals surface area contributed by atoms with Crippen LogP contribution in [0, 0.1) is 0 Å². The van der Waals surface area contributed by atoms with E-state index in [0.29, 0.717) is 23.9 Å². The number of likely N-dealkylation sites (N-methyl/N-ethyl adjacent to an activating group) is 1. The lowest BCUT2D eigenvalue weighted by Crippen LogP contribution is -2.46. The topological polar surface area (TPSA) is 108 Å². The second-order valence-corrected chi connectivity index (χ2v) is 28.4. The quantitative estimate of drug-likeness (QED) is 0.0357. The highest BCUT2D eigenvalue weighted by atomic mass is 31.2. The molecule has 0 radical (unpaired) electrons. The van der Waals surface area contributed by atoms with Crippen molar-refractivity contribution in [3.63, 3.8) is 0 Å². The predicted octanol–water partition coefficient (Wildman–Crippen LogP) is 22.9. The molecule has 0 aliphatic rings. The molecule has 0 aromatic carbocycles. The fourth-order valence-corrected chi connectivity index (χ4v) is 12.6. The van der Waals surface area contributed by atoms with Crippen molar-refractivity contribution in [1.29, 1.82) is 0 Å². The fourth-order valence-electron chi connectivity index (χ4n) is 11.9. The number of phosphoric ester groups is 1. The lowest BCUT2D eigenvalue weighted by molar-refractivity contribution is -0.870. The number of aliphatic hydroxyl groups excluding tert-OH is 1. The molecule has 8 nitrogen and oxygen atoms in total. The van der Waals surface area contributed by atoms with Gasteiger partial charge in [-0.15, -0.1) is 0 Å². The number of carbonyl (C=O) groups is 1. The van der Waals surface area contributed by atoms with Gasteiger partial charge in [0.1, 0.15) is 13.2 Å². The molecule has 1 amide bonds. The second-order valence-electron chi connectivity index (χ2n) is 27.0. The molecule has 81 heavy (non-hydrogen) atoms. The van der Waals surface area contributed by atoms with E-state index in [0.717, 1.165) is 38.5 Å². The summed E-state index contributed by atoms with van der Waals surface area (Å²) < 4.78 is 23.6. The van der Waals surface area contributed by atoms with E-state index in [1.807, 2.05) is 21.1 Å². The molecule has 0 aliphatic carbocycles. The third-order valence-electron chi connectivity index (χ3n) is 17.6. The van der Waals surface area contributed by atoms with E-state index < -0.39 is 20.0 Å². The Bertz CT molecular complexity index is 1280. The van der Waals surface area contributed by atoms with E-state index in [1.54, 1.807) is 0 Å². The van der Waals surface area contributed by atoms with Crippen molar-refractivity contribution >= 4 is 13.7 Å². The Morgan fingerprint density at radius 3 is 0.840 bits per heavy atom. The summed E-state index contributed by atoms with van der Waals surface area (Å²) in [6, 6.07) is -0.797. The molecule has 486 valence electrons. The normalized spacial score (nSPS) is 13.5. The SMILES string of the molecule is CCCCCCCCCCCCCCCCCCCCCCCCCCCCCCCCCCC(O)C(COP(=O)([O-])OCC[N+](C)(C)C)NC(=O)CCCCCCCCCCCCCCCCCCCCCCCCCCCCC. The third kappa shape index (κ3) is 66.9. The summed E-state index contributed by atoms with van der Waals surface area (Å²) in [7, 11) is 1.33. The Morgan fingerprint density at radius 2 is 0.605 bits per heavy atom. The van der Waals surface area contributed by atoms with Gasteiger partial charge in [0.15, 0.2) is 0 Å². The summed E-state index contributed by atoms with van der Waals surface area (Å²) in [4.78, 5) is 25.7. The largest absolute Gasteiger partial charge is 0.756 e. The zero-order chi connectivity index (χ0) is 59.1. The molecule has 0 saturated carbocycles. The highest BCUT2D eigenvalue weighted by Crippen LogP contribution is 2.38. The van der Waals surface area contributed by atoms with E-state index in [2.05, 4.69) is 19.2 Å². The maximum atomic E-state index is 13.1. The summed E-state index contributed by atoms with van der Waals surface area (Å²) in [6.07, 6.45) is 80.6. The zero-order valence-electron chi connectivity index (χ0n) is 55.8. The Kier molecular flexibility index (Phi) is 63.6. The van der Waals surface area contributed by atoms with Gasteiger partial charge in [0.2, 0.25) is 5.91 Å². The highest BCUT2D eigenvalue weighted by Gasteiger charge is 2.24. The summed E-state index contributed by atoms with van der Waals surface area (Å²) >= 11 is 0. The molecule has 0 spiro atoms. The number of aliphatic hydroxyl groups is 1. The minimum Gasteiger partial charge on any atom is -0.756 e. The van der Waals surface area contributed by atoms with Crippen molar-refractivity contribution < 1.29 is 32.9 Å². The molecule has 0 aliphatic heterocycles. The molecule has 3 atom stereocenters. The summed E-state index contributed by atoms with van der Waals surface area (Å²) in [6.45, 7) is 4.81.